The summed E-state index contributed by atoms with van der Waals surface area (Å²) in [5.74, 6) is 0.714. The molecule has 3 rings (SSSR count). The Bertz CT molecular complexity index is 621. The van der Waals surface area contributed by atoms with E-state index in [4.69, 9.17) is 11.6 Å². The Morgan fingerprint density at radius 1 is 1.00 bits per heavy atom. The number of carbonyl (C=O) groups is 2. The van der Waals surface area contributed by atoms with E-state index in [9.17, 15) is 9.59 Å². The summed E-state index contributed by atoms with van der Waals surface area (Å²) < 4.78 is 0. The van der Waals surface area contributed by atoms with E-state index in [-0.39, 0.29) is 18.4 Å². The third-order valence-corrected chi connectivity index (χ3v) is 6.02. The average molecular weight is 392 g/mol. The van der Waals surface area contributed by atoms with Crippen molar-refractivity contribution in [3.05, 3.63) is 29.3 Å². The van der Waals surface area contributed by atoms with Gasteiger partial charge in [-0.05, 0) is 36.6 Å². The molecule has 0 spiro atoms. The van der Waals surface area contributed by atoms with Crippen LogP contribution in [0.15, 0.2) is 24.3 Å². The van der Waals surface area contributed by atoms with Crippen LogP contribution in [0.4, 0.5) is 5.69 Å². The Balaban J connectivity index is 1.34. The molecule has 6 heteroatoms. The highest BCUT2D eigenvalue weighted by Gasteiger charge is 2.22. The molecule has 148 valence electrons. The molecule has 1 N–H and O–H groups in total. The molecule has 2 amide bonds. The summed E-state index contributed by atoms with van der Waals surface area (Å²) in [6, 6.07) is 7.78. The van der Waals surface area contributed by atoms with Gasteiger partial charge in [0.1, 0.15) is 0 Å². The van der Waals surface area contributed by atoms with Crippen LogP contribution in [-0.2, 0) is 9.59 Å². The normalized spacial score (nSPS) is 18.4. The Morgan fingerprint density at radius 3 is 2.33 bits per heavy atom. The van der Waals surface area contributed by atoms with Gasteiger partial charge in [0.25, 0.3) is 0 Å². The molecule has 1 saturated carbocycles. The average Bonchev–Trinajstić information content (AvgIpc) is 2.72. The van der Waals surface area contributed by atoms with E-state index in [1.807, 2.05) is 29.2 Å². The van der Waals surface area contributed by atoms with Crippen molar-refractivity contribution in [2.24, 2.45) is 5.92 Å². The monoisotopic (exact) mass is 391 g/mol. The molecule has 0 unspecified atom stereocenters. The molecule has 1 heterocycles. The van der Waals surface area contributed by atoms with Crippen LogP contribution in [0.1, 0.15) is 44.9 Å². The standard InChI is InChI=1S/C21H30ClN3O2/c22-18-7-9-19(10-8-18)24-12-14-25(15-13-24)21(27)16-23-20(26)11-6-17-4-2-1-3-5-17/h7-10,17H,1-6,11-16H2,(H,23,26). The highest BCUT2D eigenvalue weighted by molar-refractivity contribution is 6.30. The first-order valence-corrected chi connectivity index (χ1v) is 10.5. The summed E-state index contributed by atoms with van der Waals surface area (Å²) in [6.07, 6.45) is 7.94. The Morgan fingerprint density at radius 2 is 1.67 bits per heavy atom. The lowest BCUT2D eigenvalue weighted by Gasteiger charge is -2.36. The van der Waals surface area contributed by atoms with Crippen molar-refractivity contribution < 1.29 is 9.59 Å². The van der Waals surface area contributed by atoms with Crippen LogP contribution in [0.25, 0.3) is 0 Å². The van der Waals surface area contributed by atoms with Gasteiger partial charge in [-0.15, -0.1) is 0 Å². The minimum absolute atomic E-state index is 0.00808. The topological polar surface area (TPSA) is 52.7 Å². The summed E-state index contributed by atoms with van der Waals surface area (Å²) >= 11 is 5.94. The lowest BCUT2D eigenvalue weighted by molar-refractivity contribution is -0.133. The number of nitrogens with zero attached hydrogens (tertiary/aromatic N) is 2. The lowest BCUT2D eigenvalue weighted by Crippen LogP contribution is -2.51. The van der Waals surface area contributed by atoms with E-state index in [2.05, 4.69) is 10.2 Å². The van der Waals surface area contributed by atoms with Crippen LogP contribution in [0.5, 0.6) is 0 Å². The second kappa shape index (κ2) is 9.98. The van der Waals surface area contributed by atoms with Crippen molar-refractivity contribution >= 4 is 29.1 Å². The first-order valence-electron chi connectivity index (χ1n) is 10.2. The Hall–Kier alpha value is -1.75. The molecule has 0 aromatic heterocycles. The number of hydrogen-bond acceptors (Lipinski definition) is 3. The molecule has 2 fully saturated rings. The van der Waals surface area contributed by atoms with Crippen LogP contribution < -0.4 is 10.2 Å². The van der Waals surface area contributed by atoms with E-state index >= 15 is 0 Å². The van der Waals surface area contributed by atoms with Gasteiger partial charge in [0, 0.05) is 43.3 Å². The number of carbonyl (C=O) groups excluding carboxylic acids is 2. The van der Waals surface area contributed by atoms with E-state index in [1.165, 1.54) is 32.1 Å². The first kappa shape index (κ1) is 20.0. The fourth-order valence-corrected chi connectivity index (χ4v) is 4.18. The number of piperazine rings is 1. The van der Waals surface area contributed by atoms with Crippen molar-refractivity contribution in [3.63, 3.8) is 0 Å². The van der Waals surface area contributed by atoms with Gasteiger partial charge < -0.3 is 15.1 Å². The van der Waals surface area contributed by atoms with E-state index in [1.54, 1.807) is 0 Å². The molecular weight excluding hydrogens is 362 g/mol. The van der Waals surface area contributed by atoms with E-state index in [0.29, 0.717) is 25.4 Å². The zero-order chi connectivity index (χ0) is 19.1. The van der Waals surface area contributed by atoms with Crippen molar-refractivity contribution in [2.75, 3.05) is 37.6 Å². The molecule has 0 atom stereocenters. The fourth-order valence-electron chi connectivity index (χ4n) is 4.05. The molecule has 1 aromatic carbocycles. The largest absolute Gasteiger partial charge is 0.368 e. The predicted octanol–water partition coefficient (Wildman–Crippen LogP) is 3.47. The van der Waals surface area contributed by atoms with Gasteiger partial charge in [0.15, 0.2) is 0 Å². The highest BCUT2D eigenvalue weighted by Crippen LogP contribution is 2.27. The molecule has 1 aliphatic carbocycles. The first-order chi connectivity index (χ1) is 13.1. The summed E-state index contributed by atoms with van der Waals surface area (Å²) in [4.78, 5) is 28.5. The van der Waals surface area contributed by atoms with Gasteiger partial charge in [-0.2, -0.15) is 0 Å². The maximum Gasteiger partial charge on any atom is 0.242 e. The molecule has 27 heavy (non-hydrogen) atoms. The summed E-state index contributed by atoms with van der Waals surface area (Å²) in [7, 11) is 0. The quantitative estimate of drug-likeness (QED) is 0.807. The Labute approximate surface area is 167 Å². The molecule has 0 radical (unpaired) electrons. The van der Waals surface area contributed by atoms with Gasteiger partial charge in [0.05, 0.1) is 6.54 Å². The van der Waals surface area contributed by atoms with Gasteiger partial charge in [-0.1, -0.05) is 43.7 Å². The van der Waals surface area contributed by atoms with Gasteiger partial charge >= 0.3 is 0 Å². The van der Waals surface area contributed by atoms with Crippen molar-refractivity contribution in [3.8, 4) is 0 Å². The van der Waals surface area contributed by atoms with E-state index in [0.717, 1.165) is 30.2 Å². The molecule has 1 aromatic rings. The molecule has 2 aliphatic rings. The van der Waals surface area contributed by atoms with Gasteiger partial charge in [0.2, 0.25) is 11.8 Å². The number of anilines is 1. The van der Waals surface area contributed by atoms with Crippen LogP contribution >= 0.6 is 11.6 Å². The Kier molecular flexibility index (Phi) is 7.39. The van der Waals surface area contributed by atoms with Crippen LogP contribution in [0.2, 0.25) is 5.02 Å². The smallest absolute Gasteiger partial charge is 0.242 e. The molecule has 1 saturated heterocycles. The number of halogens is 1. The molecule has 5 nitrogen and oxygen atoms in total. The van der Waals surface area contributed by atoms with Crippen molar-refractivity contribution in [1.82, 2.24) is 10.2 Å². The van der Waals surface area contributed by atoms with E-state index < -0.39 is 0 Å². The number of benzene rings is 1. The zero-order valence-electron chi connectivity index (χ0n) is 16.0. The molecule has 0 bridgehead atoms. The van der Waals surface area contributed by atoms with Gasteiger partial charge in [-0.25, -0.2) is 0 Å². The maximum absolute atomic E-state index is 12.4. The minimum atomic E-state index is 0.00808. The van der Waals surface area contributed by atoms with Crippen molar-refractivity contribution in [1.29, 1.82) is 0 Å². The molecular formula is C21H30ClN3O2. The second-order valence-corrected chi connectivity index (χ2v) is 8.10. The fraction of sp³-hybridized carbons (Fsp3) is 0.619. The van der Waals surface area contributed by atoms with Crippen LogP contribution in [0, 0.1) is 5.92 Å². The number of hydrogen-bond donors (Lipinski definition) is 1. The third kappa shape index (κ3) is 6.13. The number of nitrogens with one attached hydrogen (secondary N) is 1. The SMILES string of the molecule is O=C(CCC1CCCCC1)NCC(=O)N1CCN(c2ccc(Cl)cc2)CC1. The highest BCUT2D eigenvalue weighted by atomic mass is 35.5. The maximum atomic E-state index is 12.4. The molecule has 1 aliphatic heterocycles. The predicted molar refractivity (Wildman–Crippen MR) is 109 cm³/mol. The third-order valence-electron chi connectivity index (χ3n) is 5.77. The lowest BCUT2D eigenvalue weighted by atomic mass is 9.86. The van der Waals surface area contributed by atoms with Crippen LogP contribution in [0.3, 0.4) is 0 Å². The summed E-state index contributed by atoms with van der Waals surface area (Å²) in [6.45, 7) is 3.06. The zero-order valence-corrected chi connectivity index (χ0v) is 16.7. The number of rotatable bonds is 6. The summed E-state index contributed by atoms with van der Waals surface area (Å²) in [5.41, 5.74) is 1.13. The minimum Gasteiger partial charge on any atom is -0.368 e. The van der Waals surface area contributed by atoms with Gasteiger partial charge in [-0.3, -0.25) is 9.59 Å². The second-order valence-electron chi connectivity index (χ2n) is 7.66. The van der Waals surface area contributed by atoms with Crippen molar-refractivity contribution in [2.45, 2.75) is 44.9 Å². The van der Waals surface area contributed by atoms with Crippen LogP contribution in [-0.4, -0.2) is 49.4 Å². The summed E-state index contributed by atoms with van der Waals surface area (Å²) in [5, 5.41) is 3.54. The number of amides is 2.